The number of benzene rings is 1. The molecule has 0 aliphatic carbocycles. The molecule has 4 heterocycles. The first kappa shape index (κ1) is 18.0. The van der Waals surface area contributed by atoms with Gasteiger partial charge in [-0.3, -0.25) is 4.98 Å². The molecule has 0 amide bonds. The molecule has 150 valence electrons. The SMILES string of the molecule is COc1cc2c(cc1OCCCN1CCCC1)[nH]c1ccnc(-c3ncco3)c12. The second kappa shape index (κ2) is 7.75. The number of hydrogen-bond acceptors (Lipinski definition) is 6. The topological polar surface area (TPSA) is 76.4 Å². The van der Waals surface area contributed by atoms with Crippen molar-refractivity contribution >= 4 is 21.8 Å². The third-order valence-electron chi connectivity index (χ3n) is 5.50. The van der Waals surface area contributed by atoms with Crippen molar-refractivity contribution in [3.05, 3.63) is 36.9 Å². The van der Waals surface area contributed by atoms with Crippen molar-refractivity contribution in [1.29, 1.82) is 0 Å². The van der Waals surface area contributed by atoms with Crippen LogP contribution in [0, 0.1) is 0 Å². The summed E-state index contributed by atoms with van der Waals surface area (Å²) in [6.45, 7) is 4.18. The number of likely N-dealkylation sites (tertiary alicyclic amines) is 1. The molecule has 1 fully saturated rings. The van der Waals surface area contributed by atoms with Crippen LogP contribution in [0.2, 0.25) is 0 Å². The third-order valence-corrected chi connectivity index (χ3v) is 5.50. The normalized spacial score (nSPS) is 14.8. The van der Waals surface area contributed by atoms with E-state index in [1.165, 1.54) is 25.9 Å². The number of nitrogens with zero attached hydrogens (tertiary/aromatic N) is 3. The van der Waals surface area contributed by atoms with E-state index in [2.05, 4.69) is 19.9 Å². The molecule has 0 atom stereocenters. The van der Waals surface area contributed by atoms with Gasteiger partial charge in [0.2, 0.25) is 5.89 Å². The highest BCUT2D eigenvalue weighted by atomic mass is 16.5. The van der Waals surface area contributed by atoms with Crippen LogP contribution in [0.4, 0.5) is 0 Å². The molecule has 1 N–H and O–H groups in total. The van der Waals surface area contributed by atoms with Crippen molar-refractivity contribution in [2.45, 2.75) is 19.3 Å². The van der Waals surface area contributed by atoms with E-state index in [9.17, 15) is 0 Å². The summed E-state index contributed by atoms with van der Waals surface area (Å²) in [6.07, 6.45) is 8.57. The number of hydrogen-bond donors (Lipinski definition) is 1. The number of oxazole rings is 1. The first-order chi connectivity index (χ1) is 14.3. The third kappa shape index (κ3) is 3.42. The number of aromatic amines is 1. The number of nitrogens with one attached hydrogen (secondary N) is 1. The molecule has 1 aromatic carbocycles. The molecule has 29 heavy (non-hydrogen) atoms. The molecular formula is C22H24N4O3. The van der Waals surface area contributed by atoms with Crippen LogP contribution >= 0.6 is 0 Å². The Hall–Kier alpha value is -3.06. The summed E-state index contributed by atoms with van der Waals surface area (Å²) >= 11 is 0. The second-order valence-electron chi connectivity index (χ2n) is 7.34. The highest BCUT2D eigenvalue weighted by molar-refractivity contribution is 6.13. The summed E-state index contributed by atoms with van der Waals surface area (Å²) < 4.78 is 17.2. The van der Waals surface area contributed by atoms with E-state index in [0.29, 0.717) is 23.9 Å². The summed E-state index contributed by atoms with van der Waals surface area (Å²) in [7, 11) is 1.67. The predicted molar refractivity (Wildman–Crippen MR) is 111 cm³/mol. The highest BCUT2D eigenvalue weighted by Crippen LogP contribution is 2.38. The molecule has 0 spiro atoms. The maximum Gasteiger partial charge on any atom is 0.245 e. The van der Waals surface area contributed by atoms with Crippen LogP contribution in [0.3, 0.4) is 0 Å². The lowest BCUT2D eigenvalue weighted by molar-refractivity contribution is 0.254. The van der Waals surface area contributed by atoms with Crippen molar-refractivity contribution < 1.29 is 13.9 Å². The number of pyridine rings is 1. The zero-order chi connectivity index (χ0) is 19.6. The summed E-state index contributed by atoms with van der Waals surface area (Å²) in [4.78, 5) is 14.7. The molecular weight excluding hydrogens is 368 g/mol. The quantitative estimate of drug-likeness (QED) is 0.474. The second-order valence-corrected chi connectivity index (χ2v) is 7.34. The maximum absolute atomic E-state index is 6.08. The molecule has 7 nitrogen and oxygen atoms in total. The van der Waals surface area contributed by atoms with Gasteiger partial charge in [0.1, 0.15) is 12.0 Å². The predicted octanol–water partition coefficient (Wildman–Crippen LogP) is 4.24. The molecule has 4 aromatic rings. The standard InChI is InChI=1S/C22H24N4O3/c1-27-18-13-15-17(14-19(18)28-11-4-10-26-8-2-3-9-26)25-16-5-6-23-21(20(15)16)22-24-7-12-29-22/h5-7,12-14,25H,2-4,8-11H2,1H3. The maximum atomic E-state index is 6.08. The lowest BCUT2D eigenvalue weighted by atomic mass is 10.1. The monoisotopic (exact) mass is 392 g/mol. The summed E-state index contributed by atoms with van der Waals surface area (Å²) in [6, 6.07) is 5.95. The lowest BCUT2D eigenvalue weighted by Crippen LogP contribution is -2.21. The Balaban J connectivity index is 1.45. The van der Waals surface area contributed by atoms with Crippen LogP contribution in [0.5, 0.6) is 11.5 Å². The van der Waals surface area contributed by atoms with E-state index in [1.54, 1.807) is 25.8 Å². The van der Waals surface area contributed by atoms with Crippen LogP contribution in [-0.2, 0) is 0 Å². The Morgan fingerprint density at radius 1 is 1.10 bits per heavy atom. The zero-order valence-corrected chi connectivity index (χ0v) is 16.5. The van der Waals surface area contributed by atoms with Crippen LogP contribution in [0.1, 0.15) is 19.3 Å². The Bertz CT molecular complexity index is 1110. The van der Waals surface area contributed by atoms with E-state index >= 15 is 0 Å². The van der Waals surface area contributed by atoms with Gasteiger partial charge in [0, 0.05) is 29.6 Å². The van der Waals surface area contributed by atoms with Gasteiger partial charge < -0.3 is 23.8 Å². The van der Waals surface area contributed by atoms with Gasteiger partial charge in [-0.15, -0.1) is 0 Å². The van der Waals surface area contributed by atoms with Crippen LogP contribution in [-0.4, -0.2) is 53.2 Å². The number of methoxy groups -OCH3 is 1. The van der Waals surface area contributed by atoms with Gasteiger partial charge in [0.05, 0.1) is 30.9 Å². The van der Waals surface area contributed by atoms with Crippen molar-refractivity contribution in [3.63, 3.8) is 0 Å². The van der Waals surface area contributed by atoms with Gasteiger partial charge >= 0.3 is 0 Å². The van der Waals surface area contributed by atoms with Crippen molar-refractivity contribution in [1.82, 2.24) is 19.9 Å². The fourth-order valence-electron chi connectivity index (χ4n) is 4.11. The fraction of sp³-hybridized carbons (Fsp3) is 0.364. The van der Waals surface area contributed by atoms with Crippen LogP contribution < -0.4 is 9.47 Å². The van der Waals surface area contributed by atoms with E-state index in [4.69, 9.17) is 13.9 Å². The van der Waals surface area contributed by atoms with E-state index in [-0.39, 0.29) is 0 Å². The molecule has 1 aliphatic rings. The molecule has 5 rings (SSSR count). The smallest absolute Gasteiger partial charge is 0.245 e. The average Bonchev–Trinajstić information content (AvgIpc) is 3.51. The number of fused-ring (bicyclic) bond motifs is 3. The van der Waals surface area contributed by atoms with Crippen molar-refractivity contribution in [3.8, 4) is 23.1 Å². The molecule has 7 heteroatoms. The molecule has 0 saturated carbocycles. The largest absolute Gasteiger partial charge is 0.493 e. The molecule has 3 aromatic heterocycles. The van der Waals surface area contributed by atoms with Gasteiger partial charge in [0.25, 0.3) is 0 Å². The number of ether oxygens (including phenoxy) is 2. The number of aromatic nitrogens is 3. The minimum atomic E-state index is 0.498. The van der Waals surface area contributed by atoms with Crippen molar-refractivity contribution in [2.24, 2.45) is 0 Å². The van der Waals surface area contributed by atoms with E-state index in [0.717, 1.165) is 40.5 Å². The van der Waals surface area contributed by atoms with Gasteiger partial charge in [-0.1, -0.05) is 0 Å². The van der Waals surface area contributed by atoms with Crippen LogP contribution in [0.25, 0.3) is 33.4 Å². The first-order valence-electron chi connectivity index (χ1n) is 10.1. The Labute approximate surface area is 168 Å². The van der Waals surface area contributed by atoms with Crippen molar-refractivity contribution in [2.75, 3.05) is 33.4 Å². The first-order valence-corrected chi connectivity index (χ1v) is 10.1. The lowest BCUT2D eigenvalue weighted by Gasteiger charge is -2.15. The van der Waals surface area contributed by atoms with Gasteiger partial charge in [-0.2, -0.15) is 0 Å². The highest BCUT2D eigenvalue weighted by Gasteiger charge is 2.17. The van der Waals surface area contributed by atoms with E-state index in [1.807, 2.05) is 18.2 Å². The molecule has 0 unspecified atom stereocenters. The fourth-order valence-corrected chi connectivity index (χ4v) is 4.11. The minimum Gasteiger partial charge on any atom is -0.493 e. The number of H-pyrrole nitrogens is 1. The Kier molecular flexibility index (Phi) is 4.81. The molecule has 1 saturated heterocycles. The minimum absolute atomic E-state index is 0.498. The summed E-state index contributed by atoms with van der Waals surface area (Å²) in [5.41, 5.74) is 2.65. The van der Waals surface area contributed by atoms with E-state index < -0.39 is 0 Å². The van der Waals surface area contributed by atoms with Gasteiger partial charge in [-0.05, 0) is 44.5 Å². The number of rotatable bonds is 7. The Morgan fingerprint density at radius 3 is 2.79 bits per heavy atom. The summed E-state index contributed by atoms with van der Waals surface area (Å²) in [5.74, 6) is 1.96. The van der Waals surface area contributed by atoms with Gasteiger partial charge in [0.15, 0.2) is 11.5 Å². The van der Waals surface area contributed by atoms with Crippen LogP contribution in [0.15, 0.2) is 41.3 Å². The van der Waals surface area contributed by atoms with Gasteiger partial charge in [-0.25, -0.2) is 4.98 Å². The molecule has 1 aliphatic heterocycles. The average molecular weight is 392 g/mol. The summed E-state index contributed by atoms with van der Waals surface area (Å²) in [5, 5.41) is 1.96. The molecule has 0 bridgehead atoms. The zero-order valence-electron chi connectivity index (χ0n) is 16.5. The Morgan fingerprint density at radius 2 is 2.00 bits per heavy atom. The molecule has 0 radical (unpaired) electrons.